The molecule has 0 bridgehead atoms. The van der Waals surface area contributed by atoms with Gasteiger partial charge in [0.05, 0.1) is 24.5 Å². The van der Waals surface area contributed by atoms with Crippen LogP contribution in [0.15, 0.2) is 55.1 Å². The number of aromatic nitrogens is 6. The number of rotatable bonds is 9. The molecule has 12 heteroatoms. The largest absolute Gasteiger partial charge is 0.494 e. The molecule has 188 valence electrons. The molecular weight excluding hydrogens is 504 g/mol. The minimum Gasteiger partial charge on any atom is -0.494 e. The molecule has 3 heterocycles. The molecule has 0 fully saturated rings. The van der Waals surface area contributed by atoms with Gasteiger partial charge in [-0.3, -0.25) is 9.55 Å². The topological polar surface area (TPSA) is 122 Å². The van der Waals surface area contributed by atoms with Gasteiger partial charge in [-0.2, -0.15) is 0 Å². The molecule has 36 heavy (non-hydrogen) atoms. The lowest BCUT2D eigenvalue weighted by molar-refractivity contribution is 0.390. The van der Waals surface area contributed by atoms with Crippen LogP contribution in [0, 0.1) is 0 Å². The molecule has 10 nitrogen and oxygen atoms in total. The van der Waals surface area contributed by atoms with E-state index in [-0.39, 0.29) is 11.6 Å². The summed E-state index contributed by atoms with van der Waals surface area (Å²) >= 11 is 5.88. The van der Waals surface area contributed by atoms with Gasteiger partial charge >= 0.3 is 0 Å². The maximum absolute atomic E-state index is 13.6. The van der Waals surface area contributed by atoms with E-state index >= 15 is 0 Å². The van der Waals surface area contributed by atoms with Crippen LogP contribution in [0.25, 0.3) is 17.1 Å². The van der Waals surface area contributed by atoms with Crippen LogP contribution in [-0.2, 0) is 15.6 Å². The van der Waals surface area contributed by atoms with Gasteiger partial charge < -0.3 is 9.47 Å². The number of hydrogen-bond acceptors (Lipinski definition) is 9. The summed E-state index contributed by atoms with van der Waals surface area (Å²) in [7, 11) is -0.690. The van der Waals surface area contributed by atoms with Crippen molar-refractivity contribution in [2.24, 2.45) is 0 Å². The van der Waals surface area contributed by atoms with Crippen molar-refractivity contribution in [2.75, 3.05) is 14.2 Å². The molecule has 0 aliphatic heterocycles. The fraction of sp³-hybridized carbons (Fsp3) is 0.292. The first kappa shape index (κ1) is 25.5. The minimum atomic E-state index is -3.74. The van der Waals surface area contributed by atoms with Crippen LogP contribution in [0.1, 0.15) is 31.4 Å². The second-order valence-corrected chi connectivity index (χ2v) is 10.9. The average molecular weight is 529 g/mol. The molecule has 0 unspecified atom stereocenters. The van der Waals surface area contributed by atoms with E-state index < -0.39 is 21.0 Å². The summed E-state index contributed by atoms with van der Waals surface area (Å²) in [6, 6.07) is 8.87. The van der Waals surface area contributed by atoms with Gasteiger partial charge in [-0.05, 0) is 31.2 Å². The SMILES string of the molecule is COc1cccc(OC)c1-n1c(CS(=O)(=O)[C@@H](C)[C@H](C)c2ncc(Cl)cn2)nnc1-c1cccnc1. The van der Waals surface area contributed by atoms with E-state index in [4.69, 9.17) is 21.1 Å². The van der Waals surface area contributed by atoms with Crippen molar-refractivity contribution in [1.82, 2.24) is 29.7 Å². The zero-order valence-corrected chi connectivity index (χ0v) is 21.7. The lowest BCUT2D eigenvalue weighted by Gasteiger charge is -2.20. The second kappa shape index (κ2) is 10.6. The average Bonchev–Trinajstić information content (AvgIpc) is 3.30. The summed E-state index contributed by atoms with van der Waals surface area (Å²) in [6.07, 6.45) is 6.17. The Kier molecular flexibility index (Phi) is 7.51. The normalized spacial score (nSPS) is 13.2. The third-order valence-corrected chi connectivity index (χ3v) is 8.32. The van der Waals surface area contributed by atoms with Gasteiger partial charge in [0.2, 0.25) is 0 Å². The summed E-state index contributed by atoms with van der Waals surface area (Å²) in [6.45, 7) is 3.39. The zero-order chi connectivity index (χ0) is 25.9. The van der Waals surface area contributed by atoms with Crippen LogP contribution in [-0.4, -0.2) is 57.6 Å². The Balaban J connectivity index is 1.81. The van der Waals surface area contributed by atoms with Gasteiger partial charge in [-0.1, -0.05) is 24.6 Å². The number of pyridine rings is 1. The molecule has 3 aromatic heterocycles. The molecule has 0 saturated carbocycles. The van der Waals surface area contributed by atoms with Gasteiger partial charge in [-0.25, -0.2) is 18.4 Å². The number of para-hydroxylation sites is 1. The van der Waals surface area contributed by atoms with E-state index in [0.717, 1.165) is 0 Å². The van der Waals surface area contributed by atoms with Gasteiger partial charge in [0, 0.05) is 36.3 Å². The van der Waals surface area contributed by atoms with E-state index in [9.17, 15) is 8.42 Å². The molecule has 0 N–H and O–H groups in total. The minimum absolute atomic E-state index is 0.202. The van der Waals surface area contributed by atoms with Crippen LogP contribution in [0.5, 0.6) is 11.5 Å². The van der Waals surface area contributed by atoms with Crippen LogP contribution < -0.4 is 9.47 Å². The standard InChI is InChI=1S/C24H25ClN6O4S/c1-15(23-27-12-18(25)13-28-23)16(2)36(32,33)14-21-29-30-24(17-7-6-10-26-11-17)31(21)22-19(34-3)8-5-9-20(22)35-4/h5-13,15-16H,14H2,1-4H3/t15-,16-/m0/s1. The number of sulfone groups is 1. The number of benzene rings is 1. The maximum atomic E-state index is 13.6. The zero-order valence-electron chi connectivity index (χ0n) is 20.2. The third kappa shape index (κ3) is 5.02. The van der Waals surface area contributed by atoms with E-state index in [1.54, 1.807) is 55.1 Å². The van der Waals surface area contributed by atoms with Crippen LogP contribution in [0.3, 0.4) is 0 Å². The van der Waals surface area contributed by atoms with Gasteiger partial charge in [0.25, 0.3) is 0 Å². The molecule has 0 saturated heterocycles. The van der Waals surface area contributed by atoms with E-state index in [0.29, 0.717) is 39.4 Å². The highest BCUT2D eigenvalue weighted by Gasteiger charge is 2.33. The highest BCUT2D eigenvalue weighted by atomic mass is 35.5. The Hall–Kier alpha value is -3.57. The van der Waals surface area contributed by atoms with E-state index in [1.807, 2.05) is 6.07 Å². The molecular formula is C24H25ClN6O4S. The van der Waals surface area contributed by atoms with Crippen molar-refractivity contribution < 1.29 is 17.9 Å². The number of hydrogen-bond donors (Lipinski definition) is 0. The van der Waals surface area contributed by atoms with Crippen LogP contribution >= 0.6 is 11.6 Å². The molecule has 1 aromatic carbocycles. The van der Waals surface area contributed by atoms with Gasteiger partial charge in [0.15, 0.2) is 21.5 Å². The first-order valence-corrected chi connectivity index (χ1v) is 13.1. The van der Waals surface area contributed by atoms with Crippen molar-refractivity contribution in [3.63, 3.8) is 0 Å². The first-order chi connectivity index (χ1) is 17.3. The highest BCUT2D eigenvalue weighted by Crippen LogP contribution is 2.37. The first-order valence-electron chi connectivity index (χ1n) is 11.0. The lowest BCUT2D eigenvalue weighted by Crippen LogP contribution is -2.27. The Morgan fingerprint density at radius 1 is 0.972 bits per heavy atom. The summed E-state index contributed by atoms with van der Waals surface area (Å²) in [5, 5.41) is 8.17. The lowest BCUT2D eigenvalue weighted by atomic mass is 10.1. The molecule has 0 spiro atoms. The molecule has 4 rings (SSSR count). The molecule has 0 radical (unpaired) electrons. The van der Waals surface area contributed by atoms with Crippen LogP contribution in [0.4, 0.5) is 0 Å². The smallest absolute Gasteiger partial charge is 0.170 e. The Morgan fingerprint density at radius 3 is 2.22 bits per heavy atom. The molecule has 0 amide bonds. The molecule has 2 atom stereocenters. The summed E-state index contributed by atoms with van der Waals surface area (Å²) in [5.74, 6) is 1.05. The third-order valence-electron chi connectivity index (χ3n) is 5.92. The van der Waals surface area contributed by atoms with Crippen molar-refractivity contribution in [3.05, 3.63) is 71.8 Å². The predicted octanol–water partition coefficient (Wildman–Crippen LogP) is 3.90. The Labute approximate surface area is 214 Å². The second-order valence-electron chi connectivity index (χ2n) is 8.09. The number of nitrogens with zero attached hydrogens (tertiary/aromatic N) is 6. The highest BCUT2D eigenvalue weighted by molar-refractivity contribution is 7.91. The predicted molar refractivity (Wildman–Crippen MR) is 135 cm³/mol. The fourth-order valence-electron chi connectivity index (χ4n) is 3.77. The van der Waals surface area contributed by atoms with Gasteiger partial charge in [0.1, 0.15) is 28.8 Å². The van der Waals surface area contributed by atoms with Crippen LogP contribution in [0.2, 0.25) is 5.02 Å². The number of ether oxygens (including phenoxy) is 2. The quantitative estimate of drug-likeness (QED) is 0.318. The van der Waals surface area contributed by atoms with Crippen molar-refractivity contribution >= 4 is 21.4 Å². The summed E-state index contributed by atoms with van der Waals surface area (Å²) < 4.78 is 40.0. The van der Waals surface area contributed by atoms with Gasteiger partial charge in [-0.15, -0.1) is 10.2 Å². The number of methoxy groups -OCH3 is 2. The maximum Gasteiger partial charge on any atom is 0.170 e. The Morgan fingerprint density at radius 2 is 1.64 bits per heavy atom. The number of halogens is 1. The summed E-state index contributed by atoms with van der Waals surface area (Å²) in [5.41, 5.74) is 1.14. The van der Waals surface area contributed by atoms with E-state index in [1.165, 1.54) is 26.6 Å². The molecule has 0 aliphatic carbocycles. The molecule has 0 aliphatic rings. The van der Waals surface area contributed by atoms with E-state index in [2.05, 4.69) is 25.1 Å². The fourth-order valence-corrected chi connectivity index (χ4v) is 5.42. The summed E-state index contributed by atoms with van der Waals surface area (Å²) in [4.78, 5) is 12.6. The molecule has 4 aromatic rings. The van der Waals surface area contributed by atoms with Crippen molar-refractivity contribution in [1.29, 1.82) is 0 Å². The monoisotopic (exact) mass is 528 g/mol. The van der Waals surface area contributed by atoms with Crippen molar-refractivity contribution in [3.8, 4) is 28.6 Å². The van der Waals surface area contributed by atoms with Crippen molar-refractivity contribution in [2.45, 2.75) is 30.8 Å². The Bertz CT molecular complexity index is 1420.